The summed E-state index contributed by atoms with van der Waals surface area (Å²) >= 11 is 0. The molecule has 0 saturated heterocycles. The lowest BCUT2D eigenvalue weighted by atomic mass is 10.4. The number of benzene rings is 2. The normalized spacial score (nSPS) is 12.4. The van der Waals surface area contributed by atoms with Crippen LogP contribution >= 0.6 is 7.92 Å². The number of carbonyl (C=O) groups excluding carboxylic acids is 1. The maximum Gasteiger partial charge on any atom is 0.340 e. The molecular weight excluding hydrogens is 295 g/mol. The van der Waals surface area contributed by atoms with Crippen LogP contribution in [0.2, 0.25) is 0 Å². The second-order valence-electron chi connectivity index (χ2n) is 5.11. The van der Waals surface area contributed by atoms with Crippen LogP contribution in [0.25, 0.3) is 0 Å². The monoisotopic (exact) mass is 316 g/mol. The number of hydrogen-bond acceptors (Lipinski definition) is 3. The fourth-order valence-corrected chi connectivity index (χ4v) is 4.50. The lowest BCUT2D eigenvalue weighted by molar-refractivity contribution is -0.154. The van der Waals surface area contributed by atoms with E-state index in [9.17, 15) is 4.79 Å². The molecule has 0 aliphatic heterocycles. The van der Waals surface area contributed by atoms with Crippen LogP contribution in [0, 0.1) is 0 Å². The number of methoxy groups -OCH3 is 1. The van der Waals surface area contributed by atoms with Gasteiger partial charge in [0.25, 0.3) is 0 Å². The van der Waals surface area contributed by atoms with Crippen LogP contribution in [0.3, 0.4) is 0 Å². The molecular formula is C18H21O3P. The van der Waals surface area contributed by atoms with E-state index in [2.05, 4.69) is 0 Å². The molecule has 0 aliphatic rings. The summed E-state index contributed by atoms with van der Waals surface area (Å²) in [5, 5.41) is 2.19. The van der Waals surface area contributed by atoms with Crippen molar-refractivity contribution in [2.24, 2.45) is 0 Å². The third kappa shape index (κ3) is 4.16. The second-order valence-corrected chi connectivity index (χ2v) is 7.36. The van der Waals surface area contributed by atoms with E-state index in [1.807, 2.05) is 74.5 Å². The highest BCUT2D eigenvalue weighted by Crippen LogP contribution is 2.40. The summed E-state index contributed by atoms with van der Waals surface area (Å²) in [6, 6.07) is 20.0. The van der Waals surface area contributed by atoms with Crippen molar-refractivity contribution in [3.8, 4) is 0 Å². The summed E-state index contributed by atoms with van der Waals surface area (Å²) in [6.45, 7) is 3.69. The van der Waals surface area contributed by atoms with Gasteiger partial charge in [-0.25, -0.2) is 4.79 Å². The van der Waals surface area contributed by atoms with Crippen molar-refractivity contribution < 1.29 is 14.3 Å². The quantitative estimate of drug-likeness (QED) is 0.607. The molecule has 0 N–H and O–H groups in total. The van der Waals surface area contributed by atoms with Gasteiger partial charge in [0.1, 0.15) is 0 Å². The Morgan fingerprint density at radius 3 is 1.73 bits per heavy atom. The van der Waals surface area contributed by atoms with E-state index in [1.165, 1.54) is 0 Å². The van der Waals surface area contributed by atoms with Crippen LogP contribution in [0.15, 0.2) is 60.7 Å². The molecule has 2 rings (SSSR count). The summed E-state index contributed by atoms with van der Waals surface area (Å²) in [5.41, 5.74) is 0. The van der Waals surface area contributed by atoms with Gasteiger partial charge in [-0.2, -0.15) is 0 Å². The SMILES string of the molecule is COC(C(=O)OC(C)C)P(c1ccccc1)c1ccccc1. The molecule has 0 aromatic heterocycles. The van der Waals surface area contributed by atoms with Gasteiger partial charge >= 0.3 is 5.97 Å². The molecule has 0 radical (unpaired) electrons. The molecule has 0 saturated carbocycles. The van der Waals surface area contributed by atoms with Crippen molar-refractivity contribution in [1.82, 2.24) is 0 Å². The van der Waals surface area contributed by atoms with E-state index in [1.54, 1.807) is 7.11 Å². The molecule has 0 bridgehead atoms. The van der Waals surface area contributed by atoms with E-state index in [4.69, 9.17) is 9.47 Å². The molecule has 0 heterocycles. The minimum absolute atomic E-state index is 0.159. The fourth-order valence-electron chi connectivity index (χ4n) is 2.19. The van der Waals surface area contributed by atoms with Crippen molar-refractivity contribution in [1.29, 1.82) is 0 Å². The van der Waals surface area contributed by atoms with Crippen LogP contribution in [0.1, 0.15) is 13.8 Å². The van der Waals surface area contributed by atoms with Gasteiger partial charge in [0.2, 0.25) is 0 Å². The minimum atomic E-state index is -0.981. The molecule has 1 atom stereocenters. The lowest BCUT2D eigenvalue weighted by Crippen LogP contribution is -2.32. The number of ether oxygens (including phenoxy) is 2. The van der Waals surface area contributed by atoms with Gasteiger partial charge in [0, 0.05) is 7.11 Å². The van der Waals surface area contributed by atoms with Gasteiger partial charge in [-0.3, -0.25) is 0 Å². The highest BCUT2D eigenvalue weighted by atomic mass is 31.1. The Kier molecular flexibility index (Phi) is 6.11. The number of esters is 1. The van der Waals surface area contributed by atoms with Crippen LogP contribution in [0.4, 0.5) is 0 Å². The standard InChI is InChI=1S/C18H21O3P/c1-14(2)21-17(19)18(20-3)22(15-10-6-4-7-11-15)16-12-8-5-9-13-16/h4-14,18H,1-3H3. The third-order valence-corrected chi connectivity index (χ3v) is 5.68. The minimum Gasteiger partial charge on any atom is -0.461 e. The van der Waals surface area contributed by atoms with Crippen LogP contribution < -0.4 is 10.6 Å². The number of rotatable bonds is 6. The molecule has 2 aromatic rings. The molecule has 22 heavy (non-hydrogen) atoms. The first-order valence-corrected chi connectivity index (χ1v) is 8.67. The average Bonchev–Trinajstić information content (AvgIpc) is 2.53. The molecule has 3 nitrogen and oxygen atoms in total. The lowest BCUT2D eigenvalue weighted by Gasteiger charge is -2.26. The predicted octanol–water partition coefficient (Wildman–Crippen LogP) is 3.04. The maximum absolute atomic E-state index is 12.4. The molecule has 0 spiro atoms. The summed E-state index contributed by atoms with van der Waals surface area (Å²) in [4.78, 5) is 12.4. The van der Waals surface area contributed by atoms with Gasteiger partial charge < -0.3 is 9.47 Å². The zero-order chi connectivity index (χ0) is 15.9. The molecule has 116 valence electrons. The Morgan fingerprint density at radius 1 is 0.909 bits per heavy atom. The van der Waals surface area contributed by atoms with Crippen molar-refractivity contribution in [3.05, 3.63) is 60.7 Å². The van der Waals surface area contributed by atoms with Gasteiger partial charge in [-0.05, 0) is 32.4 Å². The average molecular weight is 316 g/mol. The summed E-state index contributed by atoms with van der Waals surface area (Å²) in [7, 11) is 0.582. The van der Waals surface area contributed by atoms with Crippen LogP contribution in [-0.2, 0) is 14.3 Å². The van der Waals surface area contributed by atoms with Crippen molar-refractivity contribution >= 4 is 24.5 Å². The summed E-state index contributed by atoms with van der Waals surface area (Å²) in [5.74, 6) is -0.918. The molecule has 4 heteroatoms. The van der Waals surface area contributed by atoms with Gasteiger partial charge in [0.05, 0.1) is 6.10 Å². The van der Waals surface area contributed by atoms with E-state index in [0.29, 0.717) is 0 Å². The van der Waals surface area contributed by atoms with Gasteiger partial charge in [-0.15, -0.1) is 0 Å². The Labute approximate surface area is 133 Å². The van der Waals surface area contributed by atoms with Gasteiger partial charge in [0.15, 0.2) is 5.85 Å². The number of carbonyl (C=O) groups is 1. The van der Waals surface area contributed by atoms with E-state index < -0.39 is 13.8 Å². The van der Waals surface area contributed by atoms with Crippen LogP contribution in [0.5, 0.6) is 0 Å². The first-order valence-electron chi connectivity index (χ1n) is 7.26. The first-order chi connectivity index (χ1) is 10.6. The second kappa shape index (κ2) is 8.07. The highest BCUT2D eigenvalue weighted by molar-refractivity contribution is 7.74. The molecule has 0 aliphatic carbocycles. The molecule has 2 aromatic carbocycles. The molecule has 0 amide bonds. The molecule has 1 unspecified atom stereocenters. The van der Waals surface area contributed by atoms with E-state index in [-0.39, 0.29) is 12.1 Å². The Morgan fingerprint density at radius 2 is 1.36 bits per heavy atom. The zero-order valence-corrected chi connectivity index (χ0v) is 14.0. The predicted molar refractivity (Wildman–Crippen MR) is 91.1 cm³/mol. The van der Waals surface area contributed by atoms with Crippen molar-refractivity contribution in [3.63, 3.8) is 0 Å². The smallest absolute Gasteiger partial charge is 0.340 e. The Balaban J connectivity index is 2.41. The first kappa shape index (κ1) is 16.7. The largest absolute Gasteiger partial charge is 0.461 e. The van der Waals surface area contributed by atoms with Gasteiger partial charge in [-0.1, -0.05) is 60.7 Å². The number of hydrogen-bond donors (Lipinski definition) is 0. The van der Waals surface area contributed by atoms with E-state index in [0.717, 1.165) is 10.6 Å². The topological polar surface area (TPSA) is 35.5 Å². The van der Waals surface area contributed by atoms with E-state index >= 15 is 0 Å². The molecule has 0 fully saturated rings. The summed E-state index contributed by atoms with van der Waals surface area (Å²) in [6.07, 6.45) is -0.159. The van der Waals surface area contributed by atoms with Crippen molar-refractivity contribution in [2.45, 2.75) is 25.8 Å². The highest BCUT2D eigenvalue weighted by Gasteiger charge is 2.32. The zero-order valence-electron chi connectivity index (χ0n) is 13.1. The maximum atomic E-state index is 12.4. The van der Waals surface area contributed by atoms with Crippen molar-refractivity contribution in [2.75, 3.05) is 7.11 Å². The summed E-state index contributed by atoms with van der Waals surface area (Å²) < 4.78 is 10.9. The van der Waals surface area contributed by atoms with Crippen LogP contribution in [-0.4, -0.2) is 25.0 Å². The Bertz CT molecular complexity index is 544. The fraction of sp³-hybridized carbons (Fsp3) is 0.278. The third-order valence-electron chi connectivity index (χ3n) is 3.08. The Hall–Kier alpha value is -1.70.